The van der Waals surface area contributed by atoms with E-state index in [-0.39, 0.29) is 5.52 Å². The minimum absolute atomic E-state index is 0.0406. The first-order valence-electron chi connectivity index (χ1n) is 9.14. The van der Waals surface area contributed by atoms with Gasteiger partial charge in [0, 0.05) is 10.9 Å². The number of ether oxygens (including phenoxy) is 1. The summed E-state index contributed by atoms with van der Waals surface area (Å²) in [7, 11) is 1.58. The lowest BCUT2D eigenvalue weighted by Crippen LogP contribution is -2.07. The number of fused-ring (bicyclic) bond motifs is 1. The van der Waals surface area contributed by atoms with E-state index in [0.29, 0.717) is 23.4 Å². The molecule has 0 aliphatic carbocycles. The van der Waals surface area contributed by atoms with Gasteiger partial charge in [-0.15, -0.1) is 0 Å². The molecule has 0 N–H and O–H groups in total. The maximum atomic E-state index is 13.6. The number of hydrogen-bond acceptors (Lipinski definition) is 2. The van der Waals surface area contributed by atoms with Crippen LogP contribution in [0.2, 0.25) is 0 Å². The van der Waals surface area contributed by atoms with Crippen molar-refractivity contribution in [1.29, 1.82) is 0 Å². The Hall–Kier alpha value is -3.28. The first-order valence-corrected chi connectivity index (χ1v) is 9.14. The third-order valence-electron chi connectivity index (χ3n) is 4.94. The highest BCUT2D eigenvalue weighted by Crippen LogP contribution is 2.39. The van der Waals surface area contributed by atoms with Gasteiger partial charge in [0.05, 0.1) is 24.9 Å². The average molecular weight is 396 g/mol. The molecule has 148 valence electrons. The first-order chi connectivity index (χ1) is 13.9. The van der Waals surface area contributed by atoms with Crippen LogP contribution in [0.5, 0.6) is 5.75 Å². The van der Waals surface area contributed by atoms with E-state index < -0.39 is 11.7 Å². The summed E-state index contributed by atoms with van der Waals surface area (Å²) in [5, 5.41) is 4.88. The molecule has 0 saturated carbocycles. The van der Waals surface area contributed by atoms with Gasteiger partial charge in [0.15, 0.2) is 0 Å². The second kappa shape index (κ2) is 7.28. The summed E-state index contributed by atoms with van der Waals surface area (Å²) in [5.74, 6) is 0.695. The van der Waals surface area contributed by atoms with Gasteiger partial charge in [-0.3, -0.25) is 4.68 Å². The molecule has 4 aromatic rings. The van der Waals surface area contributed by atoms with Crippen molar-refractivity contribution in [2.75, 3.05) is 7.11 Å². The number of benzene rings is 3. The predicted octanol–water partition coefficient (Wildman–Crippen LogP) is 6.09. The van der Waals surface area contributed by atoms with Gasteiger partial charge in [0.2, 0.25) is 0 Å². The van der Waals surface area contributed by atoms with Crippen LogP contribution in [-0.4, -0.2) is 16.9 Å². The molecule has 3 nitrogen and oxygen atoms in total. The zero-order valence-corrected chi connectivity index (χ0v) is 16.0. The van der Waals surface area contributed by atoms with E-state index in [4.69, 9.17) is 4.74 Å². The van der Waals surface area contributed by atoms with Crippen molar-refractivity contribution < 1.29 is 17.9 Å². The normalized spacial score (nSPS) is 11.8. The summed E-state index contributed by atoms with van der Waals surface area (Å²) in [6.07, 6.45) is -4.47. The van der Waals surface area contributed by atoms with Crippen LogP contribution >= 0.6 is 0 Å². The second-order valence-electron chi connectivity index (χ2n) is 6.87. The third kappa shape index (κ3) is 3.58. The highest BCUT2D eigenvalue weighted by atomic mass is 19.4. The molecule has 0 aliphatic rings. The van der Waals surface area contributed by atoms with Crippen molar-refractivity contribution in [3.05, 3.63) is 83.4 Å². The Kier molecular flexibility index (Phi) is 4.78. The number of aryl methyl sites for hydroxylation is 1. The standard InChI is InChI=1S/C23H19F3N2O/c1-15-13-17(29-2)11-12-18(15)22-19-9-6-10-20(23(24,25)26)21(19)27-28(22)14-16-7-4-3-5-8-16/h3-13H,14H2,1-2H3. The lowest BCUT2D eigenvalue weighted by Gasteiger charge is -2.12. The number of aromatic nitrogens is 2. The average Bonchev–Trinajstić information content (AvgIpc) is 3.05. The van der Waals surface area contributed by atoms with Gasteiger partial charge in [-0.2, -0.15) is 18.3 Å². The molecular weight excluding hydrogens is 377 g/mol. The number of halogens is 3. The van der Waals surface area contributed by atoms with E-state index in [1.807, 2.05) is 55.5 Å². The number of nitrogens with zero attached hydrogens (tertiary/aromatic N) is 2. The van der Waals surface area contributed by atoms with Gasteiger partial charge >= 0.3 is 6.18 Å². The Labute approximate surface area is 166 Å². The smallest absolute Gasteiger partial charge is 0.418 e. The van der Waals surface area contributed by atoms with Gasteiger partial charge < -0.3 is 4.74 Å². The van der Waals surface area contributed by atoms with Crippen molar-refractivity contribution in [3.8, 4) is 17.0 Å². The fraction of sp³-hybridized carbons (Fsp3) is 0.174. The molecule has 1 heterocycles. The number of rotatable bonds is 4. The minimum atomic E-state index is -4.47. The molecule has 1 aromatic heterocycles. The van der Waals surface area contributed by atoms with Crippen molar-refractivity contribution in [3.63, 3.8) is 0 Å². The molecule has 0 aliphatic heterocycles. The molecule has 6 heteroatoms. The van der Waals surface area contributed by atoms with Crippen LogP contribution in [0.15, 0.2) is 66.7 Å². The van der Waals surface area contributed by atoms with E-state index in [1.54, 1.807) is 17.9 Å². The minimum Gasteiger partial charge on any atom is -0.497 e. The highest BCUT2D eigenvalue weighted by molar-refractivity contribution is 5.96. The molecule has 0 amide bonds. The van der Waals surface area contributed by atoms with Crippen molar-refractivity contribution in [1.82, 2.24) is 9.78 Å². The molecule has 3 aromatic carbocycles. The lowest BCUT2D eigenvalue weighted by atomic mass is 10.0. The van der Waals surface area contributed by atoms with Crippen molar-refractivity contribution in [2.24, 2.45) is 0 Å². The van der Waals surface area contributed by atoms with Crippen LogP contribution in [-0.2, 0) is 12.7 Å². The SMILES string of the molecule is COc1ccc(-c2c3cccc(C(F)(F)F)c3nn2Cc2ccccc2)c(C)c1. The zero-order chi connectivity index (χ0) is 20.6. The molecule has 0 saturated heterocycles. The van der Waals surface area contributed by atoms with E-state index in [9.17, 15) is 13.2 Å². The third-order valence-corrected chi connectivity index (χ3v) is 4.94. The second-order valence-corrected chi connectivity index (χ2v) is 6.87. The Morgan fingerprint density at radius 3 is 2.38 bits per heavy atom. The van der Waals surface area contributed by atoms with Gasteiger partial charge in [0.1, 0.15) is 11.3 Å². The van der Waals surface area contributed by atoms with Crippen molar-refractivity contribution >= 4 is 10.9 Å². The molecule has 0 atom stereocenters. The molecule has 0 spiro atoms. The summed E-state index contributed by atoms with van der Waals surface area (Å²) < 4.78 is 47.7. The highest BCUT2D eigenvalue weighted by Gasteiger charge is 2.34. The first kappa shape index (κ1) is 19.1. The van der Waals surface area contributed by atoms with E-state index >= 15 is 0 Å². The van der Waals surface area contributed by atoms with E-state index in [1.165, 1.54) is 6.07 Å². The molecule has 0 bridgehead atoms. The number of alkyl halides is 3. The molecule has 0 fully saturated rings. The summed E-state index contributed by atoms with van der Waals surface area (Å²) in [4.78, 5) is 0. The van der Waals surface area contributed by atoms with Crippen LogP contribution in [0, 0.1) is 6.92 Å². The largest absolute Gasteiger partial charge is 0.497 e. The van der Waals surface area contributed by atoms with Gasteiger partial charge in [0.25, 0.3) is 0 Å². The van der Waals surface area contributed by atoms with Gasteiger partial charge in [-0.25, -0.2) is 0 Å². The van der Waals surface area contributed by atoms with Crippen LogP contribution < -0.4 is 4.74 Å². The Morgan fingerprint density at radius 2 is 1.72 bits per heavy atom. The number of hydrogen-bond donors (Lipinski definition) is 0. The zero-order valence-electron chi connectivity index (χ0n) is 16.0. The van der Waals surface area contributed by atoms with Gasteiger partial charge in [-0.05, 0) is 42.3 Å². The van der Waals surface area contributed by atoms with Crippen LogP contribution in [0.4, 0.5) is 13.2 Å². The topological polar surface area (TPSA) is 27.1 Å². The summed E-state index contributed by atoms with van der Waals surface area (Å²) in [6.45, 7) is 2.28. The van der Waals surface area contributed by atoms with E-state index in [2.05, 4.69) is 5.10 Å². The summed E-state index contributed by atoms with van der Waals surface area (Å²) in [5.41, 5.74) is 2.58. The fourth-order valence-corrected chi connectivity index (χ4v) is 3.56. The maximum Gasteiger partial charge on any atom is 0.418 e. The lowest BCUT2D eigenvalue weighted by molar-refractivity contribution is -0.136. The molecule has 0 radical (unpaired) electrons. The van der Waals surface area contributed by atoms with Crippen LogP contribution in [0.3, 0.4) is 0 Å². The Bertz CT molecular complexity index is 1160. The maximum absolute atomic E-state index is 13.6. The van der Waals surface area contributed by atoms with Crippen LogP contribution in [0.1, 0.15) is 16.7 Å². The molecule has 29 heavy (non-hydrogen) atoms. The Balaban J connectivity index is 1.99. The summed E-state index contributed by atoms with van der Waals surface area (Å²) >= 11 is 0. The Morgan fingerprint density at radius 1 is 0.966 bits per heavy atom. The molecule has 0 unspecified atom stereocenters. The van der Waals surface area contributed by atoms with E-state index in [0.717, 1.165) is 22.8 Å². The number of methoxy groups -OCH3 is 1. The predicted molar refractivity (Wildman–Crippen MR) is 107 cm³/mol. The monoisotopic (exact) mass is 396 g/mol. The fourth-order valence-electron chi connectivity index (χ4n) is 3.56. The molecule has 4 rings (SSSR count). The van der Waals surface area contributed by atoms with Crippen molar-refractivity contribution in [2.45, 2.75) is 19.6 Å². The quantitative estimate of drug-likeness (QED) is 0.418. The van der Waals surface area contributed by atoms with Gasteiger partial charge in [-0.1, -0.05) is 42.5 Å². The van der Waals surface area contributed by atoms with Crippen LogP contribution in [0.25, 0.3) is 22.2 Å². The summed E-state index contributed by atoms with van der Waals surface area (Å²) in [6, 6.07) is 19.3. The molecular formula is C23H19F3N2O.